The van der Waals surface area contributed by atoms with E-state index in [1.165, 1.54) is 25.5 Å². The van der Waals surface area contributed by atoms with Crippen LogP contribution in [0.15, 0.2) is 66.6 Å². The van der Waals surface area contributed by atoms with Gasteiger partial charge in [-0.05, 0) is 53.9 Å². The van der Waals surface area contributed by atoms with Gasteiger partial charge < -0.3 is 10.1 Å². The van der Waals surface area contributed by atoms with E-state index in [0.29, 0.717) is 5.56 Å². The number of fused-ring (bicyclic) bond motifs is 2. The minimum atomic E-state index is -0.125. The molecule has 0 saturated heterocycles. The molecule has 0 amide bonds. The first-order valence-corrected chi connectivity index (χ1v) is 11.1. The van der Waals surface area contributed by atoms with Gasteiger partial charge in [0.2, 0.25) is 0 Å². The maximum atomic E-state index is 13.2. The SMILES string of the molecule is CC(=O)/C=C(/C)O.Cc1[c-]c(-c2ncc3c4c(cccc24)-c2c(C)cccc2C3=O)cc(C)c1.[Ir]. The van der Waals surface area contributed by atoms with Gasteiger partial charge >= 0.3 is 0 Å². The van der Waals surface area contributed by atoms with E-state index in [9.17, 15) is 9.59 Å². The van der Waals surface area contributed by atoms with Crippen LogP contribution in [0.4, 0.5) is 0 Å². The number of allylic oxidation sites excluding steroid dienone is 2. The molecule has 0 unspecified atom stereocenters. The number of hydrogen-bond donors (Lipinski definition) is 1. The van der Waals surface area contributed by atoms with E-state index in [2.05, 4.69) is 56.3 Å². The second-order valence-electron chi connectivity index (χ2n) is 8.73. The van der Waals surface area contributed by atoms with Crippen molar-refractivity contribution in [3.63, 3.8) is 0 Å². The second-order valence-corrected chi connectivity index (χ2v) is 8.73. The van der Waals surface area contributed by atoms with Crippen LogP contribution in [0.2, 0.25) is 0 Å². The summed E-state index contributed by atoms with van der Waals surface area (Å²) in [5.41, 5.74) is 8.85. The van der Waals surface area contributed by atoms with Gasteiger partial charge in [0.25, 0.3) is 0 Å². The molecule has 0 spiro atoms. The van der Waals surface area contributed by atoms with Crippen molar-refractivity contribution in [3.8, 4) is 22.4 Å². The van der Waals surface area contributed by atoms with Gasteiger partial charge in [0.15, 0.2) is 11.6 Å². The molecule has 3 aromatic carbocycles. The Hall–Kier alpha value is -3.40. The Balaban J connectivity index is 0.000000378. The first kappa shape index (κ1) is 26.2. The van der Waals surface area contributed by atoms with Crippen LogP contribution in [0.3, 0.4) is 0 Å². The first-order valence-electron chi connectivity index (χ1n) is 11.1. The average Bonchev–Trinajstić information content (AvgIpc) is 2.76. The molecule has 0 bridgehead atoms. The smallest absolute Gasteiger partial charge is 0.195 e. The molecule has 4 aromatic rings. The molecule has 0 aliphatic heterocycles. The van der Waals surface area contributed by atoms with Crippen molar-refractivity contribution in [2.24, 2.45) is 0 Å². The average molecular weight is 641 g/mol. The molecule has 5 rings (SSSR count). The molecular weight excluding hydrogens is 615 g/mol. The monoisotopic (exact) mass is 641 g/mol. The van der Waals surface area contributed by atoms with Gasteiger partial charge in [0.1, 0.15) is 0 Å². The van der Waals surface area contributed by atoms with Crippen molar-refractivity contribution >= 4 is 22.3 Å². The molecule has 1 heterocycles. The number of rotatable bonds is 2. The summed E-state index contributed by atoms with van der Waals surface area (Å²) in [4.78, 5) is 27.9. The normalized spacial score (nSPS) is 11.8. The number of pyridine rings is 1. The van der Waals surface area contributed by atoms with Crippen molar-refractivity contribution < 1.29 is 34.8 Å². The predicted molar refractivity (Wildman–Crippen MR) is 136 cm³/mol. The van der Waals surface area contributed by atoms with Crippen LogP contribution >= 0.6 is 0 Å². The van der Waals surface area contributed by atoms with Gasteiger partial charge in [-0.2, -0.15) is 0 Å². The van der Waals surface area contributed by atoms with Crippen molar-refractivity contribution in [1.82, 2.24) is 4.98 Å². The predicted octanol–water partition coefficient (Wildman–Crippen LogP) is 6.87. The van der Waals surface area contributed by atoms with Crippen molar-refractivity contribution in [1.29, 1.82) is 0 Å². The van der Waals surface area contributed by atoms with Gasteiger partial charge in [0.05, 0.1) is 5.76 Å². The molecule has 1 aromatic heterocycles. The van der Waals surface area contributed by atoms with E-state index < -0.39 is 0 Å². The Morgan fingerprint density at radius 3 is 2.29 bits per heavy atom. The van der Waals surface area contributed by atoms with Crippen LogP contribution < -0.4 is 0 Å². The largest absolute Gasteiger partial charge is 0.512 e. The zero-order chi connectivity index (χ0) is 24.6. The molecule has 4 nitrogen and oxygen atoms in total. The second kappa shape index (κ2) is 10.5. The van der Waals surface area contributed by atoms with Crippen molar-refractivity contribution in [3.05, 3.63) is 100 Å². The standard InChI is InChI=1S/C25H18NO.C5H8O2.Ir/c1-14-10-15(2)12-17(11-14)24-19-8-5-7-18-22-16(3)6-4-9-20(22)25(27)21(13-26-24)23(18)19;1-4(6)3-5(2)7;/h4-11,13H,1-3H3;3,6H,1-2H3;/q-1;;/b;4-3-;. The van der Waals surface area contributed by atoms with Crippen LogP contribution in [0.5, 0.6) is 0 Å². The summed E-state index contributed by atoms with van der Waals surface area (Å²) in [6.07, 6.45) is 2.90. The van der Waals surface area contributed by atoms with E-state index in [4.69, 9.17) is 10.1 Å². The molecule has 5 heteroatoms. The summed E-state index contributed by atoms with van der Waals surface area (Å²) >= 11 is 0. The van der Waals surface area contributed by atoms with Crippen LogP contribution in [0.25, 0.3) is 33.2 Å². The number of hydrogen-bond acceptors (Lipinski definition) is 4. The maximum absolute atomic E-state index is 13.2. The number of carbonyl (C=O) groups excluding carboxylic acids is 2. The molecule has 0 fully saturated rings. The van der Waals surface area contributed by atoms with Gasteiger partial charge in [-0.15, -0.1) is 34.9 Å². The van der Waals surface area contributed by atoms with Crippen LogP contribution in [0.1, 0.15) is 46.5 Å². The van der Waals surface area contributed by atoms with Crippen molar-refractivity contribution in [2.45, 2.75) is 34.6 Å². The van der Waals surface area contributed by atoms with Crippen LogP contribution in [-0.2, 0) is 24.9 Å². The summed E-state index contributed by atoms with van der Waals surface area (Å²) in [7, 11) is 0. The van der Waals surface area contributed by atoms with E-state index >= 15 is 0 Å². The number of benzene rings is 3. The summed E-state index contributed by atoms with van der Waals surface area (Å²) in [6, 6.07) is 19.8. The third kappa shape index (κ3) is 5.17. The molecule has 0 saturated carbocycles. The van der Waals surface area contributed by atoms with Crippen molar-refractivity contribution in [2.75, 3.05) is 0 Å². The fraction of sp³-hybridized carbons (Fsp3) is 0.167. The topological polar surface area (TPSA) is 67.3 Å². The van der Waals surface area contributed by atoms with Crippen LogP contribution in [-0.4, -0.2) is 21.7 Å². The quantitative estimate of drug-likeness (QED) is 0.130. The zero-order valence-electron chi connectivity index (χ0n) is 20.3. The zero-order valence-corrected chi connectivity index (χ0v) is 22.7. The number of aliphatic hydroxyl groups is 1. The number of aryl methyl sites for hydroxylation is 3. The van der Waals surface area contributed by atoms with Crippen LogP contribution in [0, 0.1) is 26.8 Å². The molecule has 1 aliphatic carbocycles. The fourth-order valence-corrected chi connectivity index (χ4v) is 4.57. The fourth-order valence-electron chi connectivity index (χ4n) is 4.57. The first-order chi connectivity index (χ1) is 16.2. The Kier molecular flexibility index (Phi) is 7.84. The summed E-state index contributed by atoms with van der Waals surface area (Å²) < 4.78 is 0. The number of aromatic nitrogens is 1. The number of ketones is 2. The van der Waals surface area contributed by atoms with Gasteiger partial charge in [-0.25, -0.2) is 0 Å². The molecule has 0 atom stereocenters. The Morgan fingerprint density at radius 1 is 0.971 bits per heavy atom. The molecular formula is C30H26IrNO3-. The Bertz CT molecular complexity index is 1480. The van der Waals surface area contributed by atoms with Gasteiger partial charge in [0, 0.05) is 43.5 Å². The Morgan fingerprint density at radius 2 is 1.66 bits per heavy atom. The third-order valence-corrected chi connectivity index (χ3v) is 5.76. The number of nitrogens with zero attached hydrogens (tertiary/aromatic N) is 1. The minimum Gasteiger partial charge on any atom is -0.512 e. The number of aliphatic hydroxyl groups excluding tert-OH is 1. The minimum absolute atomic E-state index is 0. The van der Waals surface area contributed by atoms with Gasteiger partial charge in [-0.1, -0.05) is 50.2 Å². The molecule has 1 aliphatic rings. The summed E-state index contributed by atoms with van der Waals surface area (Å²) in [5.74, 6) is -0.00616. The maximum Gasteiger partial charge on any atom is 0.195 e. The van der Waals surface area contributed by atoms with E-state index in [1.807, 2.05) is 19.1 Å². The summed E-state index contributed by atoms with van der Waals surface area (Å²) in [6.45, 7) is 9.04. The Labute approximate surface area is 219 Å². The molecule has 179 valence electrons. The van der Waals surface area contributed by atoms with Gasteiger partial charge in [-0.3, -0.25) is 9.59 Å². The molecule has 35 heavy (non-hydrogen) atoms. The number of carbonyl (C=O) groups is 2. The van der Waals surface area contributed by atoms with E-state index in [0.717, 1.165) is 49.8 Å². The molecule has 1 N–H and O–H groups in total. The van der Waals surface area contributed by atoms with E-state index in [1.54, 1.807) is 6.20 Å². The molecule has 1 radical (unpaired) electrons. The van der Waals surface area contributed by atoms with E-state index in [-0.39, 0.29) is 37.4 Å². The third-order valence-electron chi connectivity index (χ3n) is 5.76. The summed E-state index contributed by atoms with van der Waals surface area (Å²) in [5, 5.41) is 10.4.